The number of anilines is 1. The summed E-state index contributed by atoms with van der Waals surface area (Å²) in [6.45, 7) is 1.96. The fraction of sp³-hybridized carbons (Fsp3) is 0.0588. The summed E-state index contributed by atoms with van der Waals surface area (Å²) < 4.78 is 0. The first kappa shape index (κ1) is 12.4. The molecule has 0 aliphatic carbocycles. The maximum Gasteiger partial charge on any atom is 0.274 e. The number of carbonyl (C=O) groups is 1. The van der Waals surface area contributed by atoms with Crippen molar-refractivity contribution in [1.82, 2.24) is 4.98 Å². The Bertz CT molecular complexity index is 781. The van der Waals surface area contributed by atoms with Gasteiger partial charge < -0.3 is 5.32 Å². The van der Waals surface area contributed by atoms with E-state index in [-0.39, 0.29) is 5.91 Å². The Morgan fingerprint density at radius 1 is 1.00 bits per heavy atom. The molecule has 3 nitrogen and oxygen atoms in total. The van der Waals surface area contributed by atoms with E-state index in [4.69, 9.17) is 0 Å². The number of hydrogen-bond donors (Lipinski definition) is 1. The van der Waals surface area contributed by atoms with Crippen molar-refractivity contribution in [1.29, 1.82) is 0 Å². The molecule has 0 spiro atoms. The summed E-state index contributed by atoms with van der Waals surface area (Å²) in [5, 5.41) is 4.93. The number of pyridine rings is 1. The van der Waals surface area contributed by atoms with Crippen LogP contribution in [0.2, 0.25) is 0 Å². The predicted molar refractivity (Wildman–Crippen MR) is 80.9 cm³/mol. The van der Waals surface area contributed by atoms with Crippen LogP contribution in [0, 0.1) is 6.92 Å². The van der Waals surface area contributed by atoms with E-state index in [1.807, 2.05) is 61.5 Å². The topological polar surface area (TPSA) is 42.0 Å². The van der Waals surface area contributed by atoms with E-state index in [1.54, 1.807) is 6.20 Å². The lowest BCUT2D eigenvalue weighted by Gasteiger charge is -2.08. The third-order valence-electron chi connectivity index (χ3n) is 3.26. The lowest BCUT2D eigenvalue weighted by atomic mass is 10.1. The molecule has 1 amide bonds. The van der Waals surface area contributed by atoms with Gasteiger partial charge in [-0.25, -0.2) is 0 Å². The van der Waals surface area contributed by atoms with Gasteiger partial charge in [0.2, 0.25) is 0 Å². The van der Waals surface area contributed by atoms with Crippen molar-refractivity contribution in [3.63, 3.8) is 0 Å². The molecular formula is C17H14N2O. The molecule has 0 unspecified atom stereocenters. The summed E-state index contributed by atoms with van der Waals surface area (Å²) in [5.41, 5.74) is 2.26. The van der Waals surface area contributed by atoms with Gasteiger partial charge >= 0.3 is 0 Å². The second-order valence-corrected chi connectivity index (χ2v) is 4.69. The van der Waals surface area contributed by atoms with Gasteiger partial charge in [0, 0.05) is 17.3 Å². The molecule has 0 saturated heterocycles. The van der Waals surface area contributed by atoms with Gasteiger partial charge in [-0.2, -0.15) is 0 Å². The Morgan fingerprint density at radius 3 is 2.50 bits per heavy atom. The largest absolute Gasteiger partial charge is 0.320 e. The molecule has 3 rings (SSSR count). The number of fused-ring (bicyclic) bond motifs is 1. The zero-order valence-electron chi connectivity index (χ0n) is 11.1. The molecule has 0 radical (unpaired) electrons. The fourth-order valence-corrected chi connectivity index (χ4v) is 2.11. The fourth-order valence-electron chi connectivity index (χ4n) is 2.11. The van der Waals surface area contributed by atoms with Gasteiger partial charge in [-0.15, -0.1) is 0 Å². The molecule has 3 aromatic rings. The molecule has 1 N–H and O–H groups in total. The van der Waals surface area contributed by atoms with Gasteiger partial charge in [-0.3, -0.25) is 9.78 Å². The molecular weight excluding hydrogens is 248 g/mol. The summed E-state index contributed by atoms with van der Waals surface area (Å²) in [7, 11) is 0. The molecule has 0 fully saturated rings. The average Bonchev–Trinajstić information content (AvgIpc) is 2.49. The van der Waals surface area contributed by atoms with Crippen LogP contribution >= 0.6 is 0 Å². The van der Waals surface area contributed by atoms with Crippen molar-refractivity contribution in [2.75, 3.05) is 5.32 Å². The number of nitrogens with one attached hydrogen (secondary N) is 1. The number of carbonyl (C=O) groups excluding carboxylic acids is 1. The van der Waals surface area contributed by atoms with Crippen molar-refractivity contribution >= 4 is 22.4 Å². The Labute approximate surface area is 117 Å². The molecule has 1 aromatic heterocycles. The SMILES string of the molecule is Cc1ccccc1NC(=O)c1cc2ccccc2cn1. The first-order chi connectivity index (χ1) is 9.74. The Hall–Kier alpha value is -2.68. The summed E-state index contributed by atoms with van der Waals surface area (Å²) in [4.78, 5) is 16.5. The summed E-state index contributed by atoms with van der Waals surface area (Å²) in [5.74, 6) is -0.190. The minimum absolute atomic E-state index is 0.190. The second kappa shape index (κ2) is 5.13. The van der Waals surface area contributed by atoms with E-state index < -0.39 is 0 Å². The van der Waals surface area contributed by atoms with E-state index in [0.29, 0.717) is 5.69 Å². The molecule has 20 heavy (non-hydrogen) atoms. The standard InChI is InChI=1S/C17H14N2O/c1-12-6-2-5-9-15(12)19-17(20)16-10-13-7-3-4-8-14(13)11-18-16/h2-11H,1H3,(H,19,20). The van der Waals surface area contributed by atoms with Crippen LogP contribution in [0.5, 0.6) is 0 Å². The number of benzene rings is 2. The van der Waals surface area contributed by atoms with Crippen LogP contribution in [0.1, 0.15) is 16.1 Å². The maximum absolute atomic E-state index is 12.2. The van der Waals surface area contributed by atoms with Crippen LogP contribution in [-0.4, -0.2) is 10.9 Å². The molecule has 0 bridgehead atoms. The molecule has 0 aliphatic heterocycles. The van der Waals surface area contributed by atoms with Crippen LogP contribution < -0.4 is 5.32 Å². The van der Waals surface area contributed by atoms with Crippen LogP contribution in [0.3, 0.4) is 0 Å². The van der Waals surface area contributed by atoms with Crippen molar-refractivity contribution in [3.05, 3.63) is 72.1 Å². The number of para-hydroxylation sites is 1. The second-order valence-electron chi connectivity index (χ2n) is 4.69. The zero-order chi connectivity index (χ0) is 13.9. The summed E-state index contributed by atoms with van der Waals surface area (Å²) in [6.07, 6.45) is 1.72. The van der Waals surface area contributed by atoms with Gasteiger partial charge in [-0.1, -0.05) is 42.5 Å². The van der Waals surface area contributed by atoms with E-state index in [0.717, 1.165) is 22.0 Å². The number of amides is 1. The quantitative estimate of drug-likeness (QED) is 0.763. The highest BCUT2D eigenvalue weighted by Gasteiger charge is 2.09. The van der Waals surface area contributed by atoms with Gasteiger partial charge in [-0.05, 0) is 30.0 Å². The number of hydrogen-bond acceptors (Lipinski definition) is 2. The van der Waals surface area contributed by atoms with E-state index in [2.05, 4.69) is 10.3 Å². The molecule has 98 valence electrons. The minimum Gasteiger partial charge on any atom is -0.320 e. The molecule has 1 heterocycles. The smallest absolute Gasteiger partial charge is 0.274 e. The third kappa shape index (κ3) is 2.38. The Kier molecular flexibility index (Phi) is 3.17. The first-order valence-corrected chi connectivity index (χ1v) is 6.46. The van der Waals surface area contributed by atoms with Crippen molar-refractivity contribution in [2.45, 2.75) is 6.92 Å². The molecule has 0 saturated carbocycles. The number of nitrogens with zero attached hydrogens (tertiary/aromatic N) is 1. The number of aromatic nitrogens is 1. The van der Waals surface area contributed by atoms with Gasteiger partial charge in [0.05, 0.1) is 0 Å². The molecule has 3 heteroatoms. The normalized spacial score (nSPS) is 10.4. The lowest BCUT2D eigenvalue weighted by Crippen LogP contribution is -2.14. The monoisotopic (exact) mass is 262 g/mol. The van der Waals surface area contributed by atoms with Gasteiger partial charge in [0.1, 0.15) is 5.69 Å². The maximum atomic E-state index is 12.2. The van der Waals surface area contributed by atoms with Crippen molar-refractivity contribution < 1.29 is 4.79 Å². The number of aryl methyl sites for hydroxylation is 1. The zero-order valence-corrected chi connectivity index (χ0v) is 11.1. The summed E-state index contributed by atoms with van der Waals surface area (Å²) in [6, 6.07) is 17.4. The van der Waals surface area contributed by atoms with Crippen LogP contribution in [0.15, 0.2) is 60.8 Å². The first-order valence-electron chi connectivity index (χ1n) is 6.46. The van der Waals surface area contributed by atoms with E-state index in [9.17, 15) is 4.79 Å². The average molecular weight is 262 g/mol. The Morgan fingerprint density at radius 2 is 1.70 bits per heavy atom. The van der Waals surface area contributed by atoms with Gasteiger partial charge in [0.25, 0.3) is 5.91 Å². The lowest BCUT2D eigenvalue weighted by molar-refractivity contribution is 0.102. The highest BCUT2D eigenvalue weighted by molar-refractivity contribution is 6.05. The van der Waals surface area contributed by atoms with Gasteiger partial charge in [0.15, 0.2) is 0 Å². The molecule has 0 aliphatic rings. The molecule has 2 aromatic carbocycles. The minimum atomic E-state index is -0.190. The highest BCUT2D eigenvalue weighted by Crippen LogP contribution is 2.16. The van der Waals surface area contributed by atoms with Crippen LogP contribution in [0.4, 0.5) is 5.69 Å². The van der Waals surface area contributed by atoms with E-state index in [1.165, 1.54) is 0 Å². The van der Waals surface area contributed by atoms with Crippen molar-refractivity contribution in [2.24, 2.45) is 0 Å². The van der Waals surface area contributed by atoms with Crippen LogP contribution in [-0.2, 0) is 0 Å². The molecule has 0 atom stereocenters. The highest BCUT2D eigenvalue weighted by atomic mass is 16.1. The third-order valence-corrected chi connectivity index (χ3v) is 3.26. The Balaban J connectivity index is 1.91. The van der Waals surface area contributed by atoms with Crippen molar-refractivity contribution in [3.8, 4) is 0 Å². The summed E-state index contributed by atoms with van der Waals surface area (Å²) >= 11 is 0. The predicted octanol–water partition coefficient (Wildman–Crippen LogP) is 3.80. The van der Waals surface area contributed by atoms with E-state index >= 15 is 0 Å². The van der Waals surface area contributed by atoms with Crippen LogP contribution in [0.25, 0.3) is 10.8 Å². The number of rotatable bonds is 2.